The van der Waals surface area contributed by atoms with Crippen molar-refractivity contribution in [2.45, 2.75) is 37.6 Å². The van der Waals surface area contributed by atoms with Crippen molar-refractivity contribution in [1.82, 2.24) is 5.32 Å². The molecule has 2 aromatic carbocycles. The minimum absolute atomic E-state index is 0.151. The van der Waals surface area contributed by atoms with Gasteiger partial charge in [0.15, 0.2) is 0 Å². The van der Waals surface area contributed by atoms with Gasteiger partial charge in [-0.25, -0.2) is 0 Å². The van der Waals surface area contributed by atoms with Crippen LogP contribution in [0.5, 0.6) is 0 Å². The first-order chi connectivity index (χ1) is 11.7. The number of hydrogen-bond acceptors (Lipinski definition) is 2. The summed E-state index contributed by atoms with van der Waals surface area (Å²) in [4.78, 5) is 11.1. The number of carboxylic acid groups (broad SMARTS) is 1. The zero-order valence-electron chi connectivity index (χ0n) is 13.9. The number of benzene rings is 2. The zero-order chi connectivity index (χ0) is 16.8. The molecule has 0 unspecified atom stereocenters. The number of carboxylic acids is 1. The second-order valence-electron chi connectivity index (χ2n) is 6.67. The van der Waals surface area contributed by atoms with Crippen molar-refractivity contribution in [3.8, 4) is 0 Å². The van der Waals surface area contributed by atoms with Crippen molar-refractivity contribution in [1.29, 1.82) is 0 Å². The molecular formula is C21H25NO2. The summed E-state index contributed by atoms with van der Waals surface area (Å²) in [5.74, 6) is -0.466. The van der Waals surface area contributed by atoms with Crippen LogP contribution in [0.2, 0.25) is 0 Å². The van der Waals surface area contributed by atoms with Crippen LogP contribution in [-0.4, -0.2) is 23.7 Å². The summed E-state index contributed by atoms with van der Waals surface area (Å²) in [6, 6.07) is 21.6. The molecule has 0 saturated heterocycles. The van der Waals surface area contributed by atoms with Gasteiger partial charge in [-0.2, -0.15) is 0 Å². The van der Waals surface area contributed by atoms with Crippen LogP contribution in [0.25, 0.3) is 0 Å². The van der Waals surface area contributed by atoms with E-state index in [1.807, 2.05) is 12.1 Å². The fourth-order valence-electron chi connectivity index (χ4n) is 3.63. The molecule has 0 aliphatic heterocycles. The Morgan fingerprint density at radius 1 is 0.917 bits per heavy atom. The van der Waals surface area contributed by atoms with Crippen LogP contribution in [0.3, 0.4) is 0 Å². The highest BCUT2D eigenvalue weighted by molar-refractivity contribution is 5.70. The number of rotatable bonds is 6. The summed E-state index contributed by atoms with van der Waals surface area (Å²) in [5, 5.41) is 12.8. The second-order valence-corrected chi connectivity index (χ2v) is 6.67. The van der Waals surface area contributed by atoms with Gasteiger partial charge in [-0.1, -0.05) is 60.7 Å². The first-order valence-corrected chi connectivity index (χ1v) is 8.80. The van der Waals surface area contributed by atoms with E-state index in [2.05, 4.69) is 53.8 Å². The van der Waals surface area contributed by atoms with Gasteiger partial charge in [0.05, 0.1) is 5.92 Å². The highest BCUT2D eigenvalue weighted by Crippen LogP contribution is 2.27. The lowest BCUT2D eigenvalue weighted by Gasteiger charge is -2.29. The van der Waals surface area contributed by atoms with Crippen LogP contribution in [0.4, 0.5) is 0 Å². The molecule has 0 bridgehead atoms. The Labute approximate surface area is 143 Å². The average molecular weight is 323 g/mol. The lowest BCUT2D eigenvalue weighted by Crippen LogP contribution is -2.37. The molecule has 126 valence electrons. The third-order valence-corrected chi connectivity index (χ3v) is 5.09. The Bertz CT molecular complexity index is 594. The molecule has 1 aliphatic carbocycles. The lowest BCUT2D eigenvalue weighted by atomic mass is 9.85. The van der Waals surface area contributed by atoms with E-state index in [0.717, 1.165) is 32.2 Å². The van der Waals surface area contributed by atoms with Crippen molar-refractivity contribution in [2.24, 2.45) is 5.92 Å². The van der Waals surface area contributed by atoms with Gasteiger partial charge in [-0.05, 0) is 36.8 Å². The van der Waals surface area contributed by atoms with Crippen LogP contribution in [0, 0.1) is 5.92 Å². The van der Waals surface area contributed by atoms with E-state index in [-0.39, 0.29) is 5.92 Å². The molecule has 1 saturated carbocycles. The van der Waals surface area contributed by atoms with E-state index in [9.17, 15) is 4.79 Å². The molecule has 0 radical (unpaired) electrons. The molecule has 0 aromatic heterocycles. The fourth-order valence-corrected chi connectivity index (χ4v) is 3.63. The molecule has 24 heavy (non-hydrogen) atoms. The first kappa shape index (κ1) is 16.7. The normalized spacial score (nSPS) is 20.9. The average Bonchev–Trinajstić information content (AvgIpc) is 2.64. The molecule has 0 amide bonds. The second kappa shape index (κ2) is 8.11. The van der Waals surface area contributed by atoms with Crippen LogP contribution >= 0.6 is 0 Å². The highest BCUT2D eigenvalue weighted by atomic mass is 16.4. The summed E-state index contributed by atoms with van der Waals surface area (Å²) in [6.45, 7) is 0.885. The monoisotopic (exact) mass is 323 g/mol. The Morgan fingerprint density at radius 2 is 1.42 bits per heavy atom. The molecule has 2 N–H and O–H groups in total. The molecular weight excluding hydrogens is 298 g/mol. The maximum Gasteiger partial charge on any atom is 0.306 e. The van der Waals surface area contributed by atoms with E-state index in [1.165, 1.54) is 11.1 Å². The molecule has 1 fully saturated rings. The summed E-state index contributed by atoms with van der Waals surface area (Å²) in [5.41, 5.74) is 2.63. The number of hydrogen-bond donors (Lipinski definition) is 2. The van der Waals surface area contributed by atoms with Crippen molar-refractivity contribution in [3.63, 3.8) is 0 Å². The predicted molar refractivity (Wildman–Crippen MR) is 96.1 cm³/mol. The van der Waals surface area contributed by atoms with Gasteiger partial charge in [0.1, 0.15) is 0 Å². The van der Waals surface area contributed by atoms with E-state index in [1.54, 1.807) is 0 Å². The molecule has 0 atom stereocenters. The standard InChI is InChI=1S/C21H25NO2/c23-21(24)18-11-13-19(14-12-18)22-15-20(16-7-3-1-4-8-16)17-9-5-2-6-10-17/h1-10,18-20,22H,11-15H2,(H,23,24). The van der Waals surface area contributed by atoms with E-state index in [4.69, 9.17) is 5.11 Å². The summed E-state index contributed by atoms with van der Waals surface area (Å²) in [7, 11) is 0. The predicted octanol–water partition coefficient (Wildman–Crippen LogP) is 4.05. The Morgan fingerprint density at radius 3 is 1.88 bits per heavy atom. The number of aliphatic carboxylic acids is 1. The van der Waals surface area contributed by atoms with Gasteiger partial charge in [-0.3, -0.25) is 4.79 Å². The zero-order valence-corrected chi connectivity index (χ0v) is 13.9. The van der Waals surface area contributed by atoms with Crippen molar-refractivity contribution in [2.75, 3.05) is 6.54 Å². The quantitative estimate of drug-likeness (QED) is 0.843. The largest absolute Gasteiger partial charge is 0.481 e. The van der Waals surface area contributed by atoms with Crippen molar-refractivity contribution >= 4 is 5.97 Å². The van der Waals surface area contributed by atoms with E-state index in [0.29, 0.717) is 12.0 Å². The smallest absolute Gasteiger partial charge is 0.306 e. The molecule has 1 aliphatic rings. The Balaban J connectivity index is 1.64. The molecule has 0 heterocycles. The number of nitrogens with one attached hydrogen (secondary N) is 1. The minimum atomic E-state index is -0.639. The van der Waals surface area contributed by atoms with Crippen LogP contribution in [0.15, 0.2) is 60.7 Å². The van der Waals surface area contributed by atoms with Gasteiger partial charge in [0.25, 0.3) is 0 Å². The minimum Gasteiger partial charge on any atom is -0.481 e. The maximum atomic E-state index is 11.1. The van der Waals surface area contributed by atoms with Crippen molar-refractivity contribution in [3.05, 3.63) is 71.8 Å². The van der Waals surface area contributed by atoms with Crippen LogP contribution in [0.1, 0.15) is 42.7 Å². The Kier molecular flexibility index (Phi) is 5.65. The SMILES string of the molecule is O=C(O)C1CCC(NCC(c2ccccc2)c2ccccc2)CC1. The molecule has 3 rings (SSSR count). The van der Waals surface area contributed by atoms with Gasteiger partial charge in [0.2, 0.25) is 0 Å². The Hall–Kier alpha value is -2.13. The molecule has 3 nitrogen and oxygen atoms in total. The van der Waals surface area contributed by atoms with E-state index >= 15 is 0 Å². The van der Waals surface area contributed by atoms with Gasteiger partial charge in [0, 0.05) is 18.5 Å². The summed E-state index contributed by atoms with van der Waals surface area (Å²) < 4.78 is 0. The highest BCUT2D eigenvalue weighted by Gasteiger charge is 2.26. The fraction of sp³-hybridized carbons (Fsp3) is 0.381. The summed E-state index contributed by atoms with van der Waals surface area (Å²) in [6.07, 6.45) is 3.48. The van der Waals surface area contributed by atoms with Crippen LogP contribution in [-0.2, 0) is 4.79 Å². The molecule has 3 heteroatoms. The molecule has 0 spiro atoms. The van der Waals surface area contributed by atoms with Gasteiger partial charge < -0.3 is 10.4 Å². The lowest BCUT2D eigenvalue weighted by molar-refractivity contribution is -0.142. The topological polar surface area (TPSA) is 49.3 Å². The number of carbonyl (C=O) groups is 1. The first-order valence-electron chi connectivity index (χ1n) is 8.80. The summed E-state index contributed by atoms with van der Waals surface area (Å²) >= 11 is 0. The van der Waals surface area contributed by atoms with Gasteiger partial charge in [-0.15, -0.1) is 0 Å². The van der Waals surface area contributed by atoms with Crippen LogP contribution < -0.4 is 5.32 Å². The van der Waals surface area contributed by atoms with Crippen molar-refractivity contribution < 1.29 is 9.90 Å². The van der Waals surface area contributed by atoms with Gasteiger partial charge >= 0.3 is 5.97 Å². The maximum absolute atomic E-state index is 11.1. The third kappa shape index (κ3) is 4.24. The molecule has 2 aromatic rings. The van der Waals surface area contributed by atoms with E-state index < -0.39 is 5.97 Å². The third-order valence-electron chi connectivity index (χ3n) is 5.09.